The van der Waals surface area contributed by atoms with Gasteiger partial charge < -0.3 is 14.6 Å². The number of thiazole rings is 1. The van der Waals surface area contributed by atoms with Crippen LogP contribution in [0.5, 0.6) is 17.5 Å². The molecule has 0 saturated carbocycles. The number of hydrogen-bond acceptors (Lipinski definition) is 7. The summed E-state index contributed by atoms with van der Waals surface area (Å²) in [4.78, 5) is 13.1. The van der Waals surface area contributed by atoms with Crippen LogP contribution in [0.15, 0.2) is 42.2 Å². The van der Waals surface area contributed by atoms with Crippen LogP contribution in [-0.4, -0.2) is 38.8 Å². The van der Waals surface area contributed by atoms with Crippen molar-refractivity contribution in [1.82, 2.24) is 19.5 Å². The van der Waals surface area contributed by atoms with E-state index < -0.39 is 0 Å². The monoisotopic (exact) mass is 354 g/mol. The average molecular weight is 354 g/mol. The molecule has 4 aromatic rings. The third-order valence-corrected chi connectivity index (χ3v) is 4.57. The summed E-state index contributed by atoms with van der Waals surface area (Å²) in [5.74, 6) is 1.07. The summed E-state index contributed by atoms with van der Waals surface area (Å²) in [5.41, 5.74) is 2.18. The van der Waals surface area contributed by atoms with Crippen LogP contribution in [0.4, 0.5) is 0 Å². The van der Waals surface area contributed by atoms with Crippen LogP contribution < -0.4 is 9.47 Å². The van der Waals surface area contributed by atoms with Crippen LogP contribution in [0.25, 0.3) is 27.3 Å². The first kappa shape index (κ1) is 15.4. The molecule has 1 N–H and O–H groups in total. The molecule has 4 aromatic heterocycles. The van der Waals surface area contributed by atoms with Crippen molar-refractivity contribution >= 4 is 22.2 Å². The predicted octanol–water partition coefficient (Wildman–Crippen LogP) is 3.27. The standard InChI is InChI=1S/C17H14N4O3S/c1-23-14-7-10(8-19-15(14)24-2)12-4-3-11-13(20-12)9-21(16(11)22)17-18-5-6-25-17/h3-9,22H,1-2H3. The Morgan fingerprint density at radius 3 is 2.76 bits per heavy atom. The molecule has 25 heavy (non-hydrogen) atoms. The van der Waals surface area contributed by atoms with Crippen molar-refractivity contribution in [2.24, 2.45) is 0 Å². The number of pyridine rings is 2. The summed E-state index contributed by atoms with van der Waals surface area (Å²) >= 11 is 1.44. The quantitative estimate of drug-likeness (QED) is 0.606. The van der Waals surface area contributed by atoms with E-state index in [1.54, 1.807) is 37.4 Å². The van der Waals surface area contributed by atoms with Gasteiger partial charge in [0.25, 0.3) is 5.88 Å². The fourth-order valence-electron chi connectivity index (χ4n) is 2.59. The Hall–Kier alpha value is -3.13. The molecule has 7 nitrogen and oxygen atoms in total. The predicted molar refractivity (Wildman–Crippen MR) is 94.7 cm³/mol. The third kappa shape index (κ3) is 2.56. The molecule has 0 aliphatic heterocycles. The van der Waals surface area contributed by atoms with Crippen molar-refractivity contribution in [1.29, 1.82) is 0 Å². The lowest BCUT2D eigenvalue weighted by Gasteiger charge is -2.08. The third-order valence-electron chi connectivity index (χ3n) is 3.80. The minimum Gasteiger partial charge on any atom is -0.494 e. The summed E-state index contributed by atoms with van der Waals surface area (Å²) in [6.07, 6.45) is 5.13. The highest BCUT2D eigenvalue weighted by atomic mass is 32.1. The van der Waals surface area contributed by atoms with Gasteiger partial charge in [-0.05, 0) is 18.2 Å². The largest absolute Gasteiger partial charge is 0.494 e. The van der Waals surface area contributed by atoms with Gasteiger partial charge in [0.2, 0.25) is 5.88 Å². The van der Waals surface area contributed by atoms with Crippen LogP contribution >= 0.6 is 11.3 Å². The Balaban J connectivity index is 1.82. The number of aromatic hydroxyl groups is 1. The van der Waals surface area contributed by atoms with Gasteiger partial charge in [0.05, 0.1) is 30.8 Å². The summed E-state index contributed by atoms with van der Waals surface area (Å²) in [6.45, 7) is 0. The summed E-state index contributed by atoms with van der Waals surface area (Å²) in [6, 6.07) is 5.47. The zero-order valence-corrected chi connectivity index (χ0v) is 14.3. The maximum absolute atomic E-state index is 10.4. The first-order valence-corrected chi connectivity index (χ1v) is 8.28. The Kier molecular flexibility index (Phi) is 3.73. The second-order valence-electron chi connectivity index (χ2n) is 5.20. The van der Waals surface area contributed by atoms with Gasteiger partial charge in [-0.2, -0.15) is 0 Å². The summed E-state index contributed by atoms with van der Waals surface area (Å²) < 4.78 is 12.1. The van der Waals surface area contributed by atoms with Crippen LogP contribution in [0.1, 0.15) is 0 Å². The average Bonchev–Trinajstić information content (AvgIpc) is 3.29. The molecular weight excluding hydrogens is 340 g/mol. The number of methoxy groups -OCH3 is 2. The van der Waals surface area contributed by atoms with Gasteiger partial charge in [0.1, 0.15) is 0 Å². The highest BCUT2D eigenvalue weighted by Gasteiger charge is 2.14. The Morgan fingerprint density at radius 1 is 1.16 bits per heavy atom. The lowest BCUT2D eigenvalue weighted by molar-refractivity contribution is 0.343. The van der Waals surface area contributed by atoms with Gasteiger partial charge >= 0.3 is 0 Å². The second kappa shape index (κ2) is 6.06. The molecule has 126 valence electrons. The van der Waals surface area contributed by atoms with E-state index in [4.69, 9.17) is 9.47 Å². The zero-order valence-electron chi connectivity index (χ0n) is 13.5. The molecule has 0 amide bonds. The van der Waals surface area contributed by atoms with Crippen molar-refractivity contribution in [3.63, 3.8) is 0 Å². The van der Waals surface area contributed by atoms with E-state index in [1.807, 2.05) is 23.6 Å². The van der Waals surface area contributed by atoms with E-state index in [1.165, 1.54) is 11.3 Å². The fourth-order valence-corrected chi connectivity index (χ4v) is 3.21. The maximum atomic E-state index is 10.4. The molecule has 8 heteroatoms. The van der Waals surface area contributed by atoms with E-state index in [9.17, 15) is 5.11 Å². The lowest BCUT2D eigenvalue weighted by atomic mass is 10.1. The fraction of sp³-hybridized carbons (Fsp3) is 0.118. The lowest BCUT2D eigenvalue weighted by Crippen LogP contribution is -1.94. The van der Waals surface area contributed by atoms with Gasteiger partial charge in [-0.1, -0.05) is 0 Å². The van der Waals surface area contributed by atoms with Crippen LogP contribution in [0.3, 0.4) is 0 Å². The minimum absolute atomic E-state index is 0.120. The Morgan fingerprint density at radius 2 is 2.04 bits per heavy atom. The van der Waals surface area contributed by atoms with Gasteiger partial charge in [-0.3, -0.25) is 4.57 Å². The topological polar surface area (TPSA) is 82.3 Å². The molecule has 4 heterocycles. The van der Waals surface area contributed by atoms with Crippen LogP contribution in [-0.2, 0) is 0 Å². The van der Waals surface area contributed by atoms with E-state index in [-0.39, 0.29) is 5.88 Å². The molecule has 0 atom stereocenters. The highest BCUT2D eigenvalue weighted by molar-refractivity contribution is 7.12. The molecule has 0 fully saturated rings. The van der Waals surface area contributed by atoms with Crippen molar-refractivity contribution in [3.8, 4) is 33.9 Å². The molecule has 0 unspecified atom stereocenters. The SMILES string of the molecule is COc1cc(-c2ccc3c(O)n(-c4nccs4)cc3n2)cnc1OC. The first-order chi connectivity index (χ1) is 12.2. The molecule has 4 rings (SSSR count). The van der Waals surface area contributed by atoms with Crippen molar-refractivity contribution < 1.29 is 14.6 Å². The van der Waals surface area contributed by atoms with Crippen molar-refractivity contribution in [3.05, 3.63) is 42.2 Å². The maximum Gasteiger partial charge on any atom is 0.256 e. The van der Waals surface area contributed by atoms with Gasteiger partial charge in [0.15, 0.2) is 10.9 Å². The normalized spacial score (nSPS) is 11.0. The summed E-state index contributed by atoms with van der Waals surface area (Å²) in [5, 5.41) is 13.6. The number of nitrogens with zero attached hydrogens (tertiary/aromatic N) is 4. The van der Waals surface area contributed by atoms with Crippen molar-refractivity contribution in [2.75, 3.05) is 14.2 Å². The first-order valence-electron chi connectivity index (χ1n) is 7.40. The summed E-state index contributed by atoms with van der Waals surface area (Å²) in [7, 11) is 3.10. The van der Waals surface area contributed by atoms with E-state index in [0.29, 0.717) is 27.7 Å². The number of fused-ring (bicyclic) bond motifs is 1. The molecule has 0 aliphatic rings. The second-order valence-corrected chi connectivity index (χ2v) is 6.08. The number of ether oxygens (including phenoxy) is 2. The van der Waals surface area contributed by atoms with Crippen LogP contribution in [0, 0.1) is 0 Å². The molecule has 0 radical (unpaired) electrons. The number of hydrogen-bond donors (Lipinski definition) is 1. The van der Waals surface area contributed by atoms with Crippen molar-refractivity contribution in [2.45, 2.75) is 0 Å². The zero-order chi connectivity index (χ0) is 17.4. The molecule has 0 aliphatic carbocycles. The van der Waals surface area contributed by atoms with Crippen LogP contribution in [0.2, 0.25) is 0 Å². The Bertz CT molecular complexity index is 1040. The molecule has 0 spiro atoms. The molecule has 0 bridgehead atoms. The number of aromatic nitrogens is 4. The van der Waals surface area contributed by atoms with E-state index in [0.717, 1.165) is 11.3 Å². The van der Waals surface area contributed by atoms with E-state index >= 15 is 0 Å². The Labute approximate surface area is 147 Å². The smallest absolute Gasteiger partial charge is 0.256 e. The molecule has 0 saturated heterocycles. The van der Waals surface area contributed by atoms with Gasteiger partial charge in [-0.15, -0.1) is 11.3 Å². The number of rotatable bonds is 4. The molecule has 0 aromatic carbocycles. The molecular formula is C17H14N4O3S. The van der Waals surface area contributed by atoms with Gasteiger partial charge in [0, 0.05) is 29.5 Å². The van der Waals surface area contributed by atoms with Gasteiger partial charge in [-0.25, -0.2) is 15.0 Å². The van der Waals surface area contributed by atoms with E-state index in [2.05, 4.69) is 15.0 Å². The highest BCUT2D eigenvalue weighted by Crippen LogP contribution is 2.33. The minimum atomic E-state index is 0.120.